The van der Waals surface area contributed by atoms with Crippen LogP contribution in [0, 0.1) is 11.3 Å². The van der Waals surface area contributed by atoms with Gasteiger partial charge in [0.1, 0.15) is 11.6 Å². The Hall–Kier alpha value is -1.85. The molecule has 8 heteroatoms. The van der Waals surface area contributed by atoms with Crippen LogP contribution in [0.15, 0.2) is 40.4 Å². The second-order valence-corrected chi connectivity index (χ2v) is 6.91. The summed E-state index contributed by atoms with van der Waals surface area (Å²) in [6.07, 6.45) is 0. The molecule has 0 saturated carbocycles. The minimum Gasteiger partial charge on any atom is -0.308 e. The zero-order valence-corrected chi connectivity index (χ0v) is 12.4. The molecule has 1 aromatic carbocycles. The summed E-state index contributed by atoms with van der Waals surface area (Å²) < 4.78 is 26.1. The van der Waals surface area contributed by atoms with E-state index in [1.165, 1.54) is 11.8 Å². The Labute approximate surface area is 121 Å². The Morgan fingerprint density at radius 2 is 2.00 bits per heavy atom. The predicted octanol–water partition coefficient (Wildman–Crippen LogP) is 1.40. The smallest absolute Gasteiger partial charge is 0.191 e. The van der Waals surface area contributed by atoms with Gasteiger partial charge in [-0.3, -0.25) is 0 Å². The van der Waals surface area contributed by atoms with Gasteiger partial charge in [-0.1, -0.05) is 30.0 Å². The Morgan fingerprint density at radius 3 is 2.65 bits per heavy atom. The molecular weight excluding hydrogens is 296 g/mol. The minimum absolute atomic E-state index is 0.215. The van der Waals surface area contributed by atoms with E-state index in [0.717, 1.165) is 0 Å². The van der Waals surface area contributed by atoms with Crippen LogP contribution in [0.25, 0.3) is 0 Å². The minimum atomic E-state index is -3.44. The van der Waals surface area contributed by atoms with Gasteiger partial charge in [-0.15, -0.1) is 10.2 Å². The molecule has 1 heterocycles. The van der Waals surface area contributed by atoms with Crippen molar-refractivity contribution in [2.45, 2.75) is 15.8 Å². The maximum Gasteiger partial charge on any atom is 0.191 e. The largest absolute Gasteiger partial charge is 0.308 e. The van der Waals surface area contributed by atoms with Gasteiger partial charge in [0.05, 0.1) is 16.7 Å². The lowest BCUT2D eigenvalue weighted by Gasteiger charge is -2.04. The van der Waals surface area contributed by atoms with E-state index in [2.05, 4.69) is 10.2 Å². The fourth-order valence-corrected chi connectivity index (χ4v) is 3.50. The Bertz CT molecular complexity index is 733. The third-order valence-corrected chi connectivity index (χ3v) is 5.13. The third kappa shape index (κ3) is 3.18. The van der Waals surface area contributed by atoms with Crippen molar-refractivity contribution >= 4 is 21.6 Å². The first-order valence-electron chi connectivity index (χ1n) is 5.70. The highest BCUT2D eigenvalue weighted by atomic mass is 32.2. The fraction of sp³-hybridized carbons (Fsp3) is 0.250. The van der Waals surface area contributed by atoms with Crippen LogP contribution in [-0.2, 0) is 22.6 Å². The molecule has 20 heavy (non-hydrogen) atoms. The van der Waals surface area contributed by atoms with Crippen LogP contribution in [0.1, 0.15) is 5.82 Å². The maximum atomic E-state index is 12.2. The van der Waals surface area contributed by atoms with Gasteiger partial charge in [0, 0.05) is 7.05 Å². The van der Waals surface area contributed by atoms with Gasteiger partial charge in [0.2, 0.25) is 0 Å². The number of nitrogens with zero attached hydrogens (tertiary/aromatic N) is 4. The lowest BCUT2D eigenvalue weighted by Crippen LogP contribution is -2.09. The van der Waals surface area contributed by atoms with Crippen LogP contribution in [0.3, 0.4) is 0 Å². The highest BCUT2D eigenvalue weighted by Crippen LogP contribution is 2.19. The molecule has 0 atom stereocenters. The summed E-state index contributed by atoms with van der Waals surface area (Å²) in [5.41, 5.74) is 0. The van der Waals surface area contributed by atoms with Crippen molar-refractivity contribution in [2.24, 2.45) is 7.05 Å². The van der Waals surface area contributed by atoms with E-state index in [1.807, 2.05) is 6.07 Å². The normalized spacial score (nSPS) is 11.2. The molecule has 1 aromatic heterocycles. The monoisotopic (exact) mass is 308 g/mol. The quantitative estimate of drug-likeness (QED) is 0.776. The summed E-state index contributed by atoms with van der Waals surface area (Å²) in [4.78, 5) is 0.259. The van der Waals surface area contributed by atoms with E-state index < -0.39 is 9.84 Å². The zero-order chi connectivity index (χ0) is 14.6. The SMILES string of the molecule is Cn1c(CS(=O)(=O)c2ccccc2)nnc1SCC#N. The number of hydrogen-bond donors (Lipinski definition) is 0. The van der Waals surface area contributed by atoms with Gasteiger partial charge in [-0.25, -0.2) is 8.42 Å². The van der Waals surface area contributed by atoms with E-state index in [0.29, 0.717) is 11.0 Å². The molecule has 0 N–H and O–H groups in total. The maximum absolute atomic E-state index is 12.2. The molecule has 104 valence electrons. The van der Waals surface area contributed by atoms with E-state index >= 15 is 0 Å². The molecule has 0 fully saturated rings. The first kappa shape index (κ1) is 14.6. The molecule has 2 aromatic rings. The van der Waals surface area contributed by atoms with E-state index in [4.69, 9.17) is 5.26 Å². The van der Waals surface area contributed by atoms with Gasteiger partial charge >= 0.3 is 0 Å². The van der Waals surface area contributed by atoms with Gasteiger partial charge < -0.3 is 4.57 Å². The van der Waals surface area contributed by atoms with Crippen molar-refractivity contribution < 1.29 is 8.42 Å². The van der Waals surface area contributed by atoms with Crippen LogP contribution < -0.4 is 0 Å². The first-order chi connectivity index (χ1) is 9.54. The number of nitriles is 1. The van der Waals surface area contributed by atoms with Crippen molar-refractivity contribution in [1.82, 2.24) is 14.8 Å². The van der Waals surface area contributed by atoms with Gasteiger partial charge in [0.25, 0.3) is 0 Å². The Morgan fingerprint density at radius 1 is 1.30 bits per heavy atom. The summed E-state index contributed by atoms with van der Waals surface area (Å²) >= 11 is 1.22. The fourth-order valence-electron chi connectivity index (χ4n) is 1.57. The first-order valence-corrected chi connectivity index (χ1v) is 8.34. The lowest BCUT2D eigenvalue weighted by atomic mass is 10.4. The van der Waals surface area contributed by atoms with Crippen LogP contribution >= 0.6 is 11.8 Å². The van der Waals surface area contributed by atoms with Gasteiger partial charge in [-0.2, -0.15) is 5.26 Å². The number of sulfone groups is 1. The van der Waals surface area contributed by atoms with E-state index in [9.17, 15) is 8.42 Å². The molecule has 0 amide bonds. The van der Waals surface area contributed by atoms with Crippen molar-refractivity contribution in [3.05, 3.63) is 36.2 Å². The van der Waals surface area contributed by atoms with Crippen molar-refractivity contribution in [3.63, 3.8) is 0 Å². The highest BCUT2D eigenvalue weighted by molar-refractivity contribution is 7.99. The lowest BCUT2D eigenvalue weighted by molar-refractivity contribution is 0.591. The van der Waals surface area contributed by atoms with Crippen LogP contribution in [0.4, 0.5) is 0 Å². The molecule has 6 nitrogen and oxygen atoms in total. The summed E-state index contributed by atoms with van der Waals surface area (Å²) in [7, 11) is -1.75. The second kappa shape index (κ2) is 6.07. The van der Waals surface area contributed by atoms with E-state index in [1.54, 1.807) is 41.9 Å². The molecule has 0 unspecified atom stereocenters. The van der Waals surface area contributed by atoms with Gasteiger partial charge in [0.15, 0.2) is 15.0 Å². The van der Waals surface area contributed by atoms with E-state index in [-0.39, 0.29) is 16.4 Å². The Balaban J connectivity index is 2.23. The summed E-state index contributed by atoms with van der Waals surface area (Å²) in [5, 5.41) is 16.8. The average Bonchev–Trinajstić information content (AvgIpc) is 2.78. The highest BCUT2D eigenvalue weighted by Gasteiger charge is 2.19. The summed E-state index contributed by atoms with van der Waals surface area (Å²) in [6, 6.07) is 10.2. The second-order valence-electron chi connectivity index (χ2n) is 3.98. The Kier molecular flexibility index (Phi) is 4.42. The van der Waals surface area contributed by atoms with Crippen molar-refractivity contribution in [3.8, 4) is 6.07 Å². The molecule has 2 rings (SSSR count). The zero-order valence-electron chi connectivity index (χ0n) is 10.7. The predicted molar refractivity (Wildman–Crippen MR) is 74.7 cm³/mol. The molecule has 0 bridgehead atoms. The van der Waals surface area contributed by atoms with Crippen molar-refractivity contribution in [1.29, 1.82) is 5.26 Å². The number of benzene rings is 1. The average molecular weight is 308 g/mol. The van der Waals surface area contributed by atoms with Crippen molar-refractivity contribution in [2.75, 3.05) is 5.75 Å². The number of aromatic nitrogens is 3. The molecule has 0 aliphatic carbocycles. The summed E-state index contributed by atoms with van der Waals surface area (Å²) in [5.74, 6) is 0.389. The molecule has 0 aliphatic rings. The number of hydrogen-bond acceptors (Lipinski definition) is 6. The molecule has 0 radical (unpaired) electrons. The molecular formula is C12H12N4O2S2. The van der Waals surface area contributed by atoms with Gasteiger partial charge in [-0.05, 0) is 12.1 Å². The van der Waals surface area contributed by atoms with Crippen LogP contribution in [0.5, 0.6) is 0 Å². The standard InChI is InChI=1S/C12H12N4O2S2/c1-16-11(14-15-12(16)19-8-7-13)9-20(17,18)10-5-3-2-4-6-10/h2-6H,8-9H2,1H3. The number of rotatable bonds is 5. The molecule has 0 spiro atoms. The molecule has 0 saturated heterocycles. The van der Waals surface area contributed by atoms with Crippen LogP contribution in [0.2, 0.25) is 0 Å². The molecule has 0 aliphatic heterocycles. The van der Waals surface area contributed by atoms with Crippen LogP contribution in [-0.4, -0.2) is 28.9 Å². The third-order valence-electron chi connectivity index (χ3n) is 2.61. The number of thioether (sulfide) groups is 1. The summed E-state index contributed by atoms with van der Waals surface area (Å²) in [6.45, 7) is 0. The topological polar surface area (TPSA) is 88.6 Å².